The van der Waals surface area contributed by atoms with Crippen molar-refractivity contribution in [1.29, 1.82) is 0 Å². The average Bonchev–Trinajstić information content (AvgIpc) is 0.693. The molecule has 10 aliphatic rings. The van der Waals surface area contributed by atoms with Crippen molar-refractivity contribution in [3.8, 4) is 0 Å². The van der Waals surface area contributed by atoms with Gasteiger partial charge in [0.1, 0.15) is 12.2 Å². The molecule has 3 amide bonds. The zero-order chi connectivity index (χ0) is 63.6. The normalized spacial score (nSPS) is 41.5. The molecule has 21 heteroatoms. The molecule has 5 aliphatic carbocycles. The van der Waals surface area contributed by atoms with Gasteiger partial charge in [-0.3, -0.25) is 43.2 Å². The summed E-state index contributed by atoms with van der Waals surface area (Å²) in [5.41, 5.74) is -1.34. The van der Waals surface area contributed by atoms with Gasteiger partial charge in [-0.1, -0.05) is 54.0 Å². The topological polar surface area (TPSA) is 246 Å². The van der Waals surface area contributed by atoms with Gasteiger partial charge in [0.2, 0.25) is 18.3 Å². The second-order valence-corrected chi connectivity index (χ2v) is 29.7. The van der Waals surface area contributed by atoms with E-state index in [-0.39, 0.29) is 40.3 Å². The molecule has 0 aromatic heterocycles. The number of allylic oxidation sites excluding steroid dienone is 2. The van der Waals surface area contributed by atoms with Crippen LogP contribution in [0, 0.1) is 50.2 Å². The Balaban J connectivity index is 1.03. The van der Waals surface area contributed by atoms with E-state index in [2.05, 4.69) is 53.4 Å². The fraction of sp³-hybridized carbons (Fsp3) is 0.836. The predicted octanol–water partition coefficient (Wildman–Crippen LogP) is 7.88. The van der Waals surface area contributed by atoms with Crippen molar-refractivity contribution >= 4 is 53.4 Å². The van der Waals surface area contributed by atoms with Gasteiger partial charge in [-0.25, -0.2) is 0 Å². The lowest BCUT2D eigenvalue weighted by Gasteiger charge is -2.70. The van der Waals surface area contributed by atoms with Crippen LogP contribution in [-0.2, 0) is 85.8 Å². The van der Waals surface area contributed by atoms with E-state index in [4.69, 9.17) is 42.6 Å². The number of carbonyl (C=O) groups is 9. The van der Waals surface area contributed by atoms with Crippen LogP contribution in [0.2, 0.25) is 0 Å². The molecule has 0 aromatic carbocycles. The van der Waals surface area contributed by atoms with Gasteiger partial charge in [-0.15, -0.1) is 0 Å². The smallest absolute Gasteiger partial charge is 0.305 e. The second kappa shape index (κ2) is 25.2. The van der Waals surface area contributed by atoms with E-state index in [1.165, 1.54) is 5.57 Å². The number of hydrogen-bond donors (Lipinski definition) is 0. The van der Waals surface area contributed by atoms with Crippen molar-refractivity contribution in [3.63, 3.8) is 0 Å². The zero-order valence-electron chi connectivity index (χ0n) is 54.3. The van der Waals surface area contributed by atoms with Crippen LogP contribution >= 0.6 is 0 Å². The van der Waals surface area contributed by atoms with E-state index in [9.17, 15) is 28.8 Å². The van der Waals surface area contributed by atoms with Crippen LogP contribution in [0.4, 0.5) is 0 Å². The molecule has 0 aromatic rings. The van der Waals surface area contributed by atoms with E-state index in [0.29, 0.717) is 64.7 Å². The van der Waals surface area contributed by atoms with Crippen LogP contribution in [0.3, 0.4) is 0 Å². The van der Waals surface area contributed by atoms with Crippen LogP contribution in [0.1, 0.15) is 199 Å². The minimum absolute atomic E-state index is 0.0344. The van der Waals surface area contributed by atoms with Crippen molar-refractivity contribution in [1.82, 2.24) is 14.7 Å². The number of rotatable bonds is 12. The second-order valence-electron chi connectivity index (χ2n) is 29.7. The molecule has 88 heavy (non-hydrogen) atoms. The Morgan fingerprint density at radius 3 is 1.51 bits per heavy atom. The summed E-state index contributed by atoms with van der Waals surface area (Å²) in [6, 6.07) is 0. The number of carbonyl (C=O) groups excluding carboxylic acids is 9. The van der Waals surface area contributed by atoms with Gasteiger partial charge in [0.25, 0.3) is 11.8 Å². The van der Waals surface area contributed by atoms with Gasteiger partial charge in [0.15, 0.2) is 42.6 Å². The monoisotopic (exact) mass is 1230 g/mol. The van der Waals surface area contributed by atoms with E-state index in [1.807, 2.05) is 6.08 Å². The third-order valence-corrected chi connectivity index (χ3v) is 23.6. The molecule has 19 atom stereocenters. The largest absolute Gasteiger partial charge is 0.455 e. The minimum Gasteiger partial charge on any atom is -0.455 e. The molecule has 21 nitrogen and oxygen atoms in total. The summed E-state index contributed by atoms with van der Waals surface area (Å²) >= 11 is 0. The van der Waals surface area contributed by atoms with Crippen LogP contribution < -0.4 is 0 Å². The maximum absolute atomic E-state index is 15.7. The van der Waals surface area contributed by atoms with Crippen molar-refractivity contribution in [3.05, 3.63) is 11.6 Å². The highest BCUT2D eigenvalue weighted by atomic mass is 16.8. The molecular weight excluding hydrogens is 1130 g/mol. The van der Waals surface area contributed by atoms with Gasteiger partial charge in [0.05, 0.1) is 6.10 Å². The first-order valence-electron chi connectivity index (χ1n) is 33.1. The molecule has 4 saturated carbocycles. The Kier molecular flexibility index (Phi) is 18.9. The summed E-state index contributed by atoms with van der Waals surface area (Å²) in [5, 5.41) is 0. The number of ether oxygens (including phenoxy) is 9. The Morgan fingerprint density at radius 1 is 0.489 bits per heavy atom. The van der Waals surface area contributed by atoms with Gasteiger partial charge in [0, 0.05) is 85.2 Å². The average molecular weight is 1230 g/mol. The maximum atomic E-state index is 15.7. The van der Waals surface area contributed by atoms with Gasteiger partial charge < -0.3 is 57.3 Å². The van der Waals surface area contributed by atoms with Gasteiger partial charge in [-0.2, -0.15) is 0 Å². The highest BCUT2D eigenvalue weighted by Crippen LogP contribution is 2.75. The number of fused-ring (bicyclic) bond motifs is 7. The maximum Gasteiger partial charge on any atom is 0.305 e. The Hall–Kier alpha value is -4.99. The molecule has 9 fully saturated rings. The Labute approximate surface area is 519 Å². The first-order valence-corrected chi connectivity index (χ1v) is 33.1. The van der Waals surface area contributed by atoms with Crippen molar-refractivity contribution in [2.45, 2.75) is 266 Å². The number of nitrogens with zero attached hydrogens (tertiary/aromatic N) is 3. The van der Waals surface area contributed by atoms with Crippen LogP contribution in [0.5, 0.6) is 0 Å². The highest BCUT2D eigenvalue weighted by molar-refractivity contribution is 5.96. The standard InChI is InChI=1S/C67H99N3O18/c1-38(71)80-48-50(81-39(2)72)55(86-49-51(82-40(3)73)54(83-41(4)74)59(84-42(5)75)87-53(49)58(78)69-32-18-14-19-33-69)60(88-52(48)57(77)68-30-16-13-17-31-68)85-47-23-24-65(10)46(62(47,6)7)22-25-67(12)56(65)45(76)36-43-44-37-64(9,61(79)70-34-20-15-21-35-70)27-26-63(44,8)28-29-66(43,67)11/h36,44,46-56,59-60H,13-35,37H2,1-12H3. The Morgan fingerprint density at radius 2 is 0.966 bits per heavy atom. The number of likely N-dealkylation sites (tertiary alicyclic amines) is 3. The number of piperidine rings is 3. The van der Waals surface area contributed by atoms with Gasteiger partial charge >= 0.3 is 29.8 Å². The van der Waals surface area contributed by atoms with E-state index in [1.54, 1.807) is 9.80 Å². The third-order valence-electron chi connectivity index (χ3n) is 23.6. The summed E-state index contributed by atoms with van der Waals surface area (Å²) in [5.74, 6) is -5.53. The molecule has 10 rings (SSSR count). The first-order chi connectivity index (χ1) is 41.5. The number of hydrogen-bond acceptors (Lipinski definition) is 18. The highest BCUT2D eigenvalue weighted by Gasteiger charge is 2.71. The molecule has 0 N–H and O–H groups in total. The molecule has 0 radical (unpaired) electrons. The summed E-state index contributed by atoms with van der Waals surface area (Å²) in [6.07, 6.45) is -1.31. The van der Waals surface area contributed by atoms with Crippen molar-refractivity contribution in [2.24, 2.45) is 50.2 Å². The SMILES string of the molecule is CC(=O)OC1OC(C(=O)N2CCCCC2)C(OC2C(OC3CCC4(C)C(CCC5(C)C4C(=O)C=C4C6CC(C)(C(=O)N7CCCCC7)CCC6(C)CCC45C)C3(C)C)OC(C(=O)N3CCCCC3)C(OC(C)=O)C2OC(C)=O)C(OC(C)=O)C1OC(C)=O. The first kappa shape index (κ1) is 65.9. The molecule has 0 bridgehead atoms. The van der Waals surface area contributed by atoms with Crippen LogP contribution in [0.15, 0.2) is 11.6 Å². The lowest BCUT2D eigenvalue weighted by atomic mass is 9.33. The van der Waals surface area contributed by atoms with E-state index < -0.39 is 131 Å². The van der Waals surface area contributed by atoms with E-state index >= 15 is 14.4 Å². The van der Waals surface area contributed by atoms with E-state index in [0.717, 1.165) is 125 Å². The number of amides is 3. The molecular formula is C67H99N3O18. The zero-order valence-corrected chi connectivity index (χ0v) is 54.3. The van der Waals surface area contributed by atoms with Crippen molar-refractivity contribution < 1.29 is 85.8 Å². The molecule has 5 saturated heterocycles. The lowest BCUT2D eigenvalue weighted by Crippen LogP contribution is -2.70. The molecule has 490 valence electrons. The molecule has 19 unspecified atom stereocenters. The minimum atomic E-state index is -1.79. The number of ketones is 1. The summed E-state index contributed by atoms with van der Waals surface area (Å²) in [6.45, 7) is 24.4. The lowest BCUT2D eigenvalue weighted by molar-refractivity contribution is -0.356. The molecule has 0 spiro atoms. The molecule has 5 aliphatic heterocycles. The van der Waals surface area contributed by atoms with Crippen molar-refractivity contribution in [2.75, 3.05) is 39.3 Å². The van der Waals surface area contributed by atoms with Crippen LogP contribution in [0.25, 0.3) is 0 Å². The van der Waals surface area contributed by atoms with Crippen LogP contribution in [-0.4, -0.2) is 175 Å². The third kappa shape index (κ3) is 12.1. The fourth-order valence-electron chi connectivity index (χ4n) is 19.0. The summed E-state index contributed by atoms with van der Waals surface area (Å²) < 4.78 is 57.4. The predicted molar refractivity (Wildman–Crippen MR) is 316 cm³/mol. The fourth-order valence-corrected chi connectivity index (χ4v) is 19.0. The summed E-state index contributed by atoms with van der Waals surface area (Å²) in [7, 11) is 0. The number of esters is 5. The van der Waals surface area contributed by atoms with Gasteiger partial charge in [-0.05, 0) is 161 Å². The Bertz CT molecular complexity index is 2750. The molecule has 5 heterocycles. The quantitative estimate of drug-likeness (QED) is 0.102. The summed E-state index contributed by atoms with van der Waals surface area (Å²) in [4.78, 5) is 132.